The Morgan fingerprint density at radius 1 is 1.50 bits per heavy atom. The molecule has 0 aromatic carbocycles. The molecule has 0 fully saturated rings. The number of halogens is 2. The summed E-state index contributed by atoms with van der Waals surface area (Å²) in [5.74, 6) is 0. The molecular formula is C6H5Cl2NO2S. The van der Waals surface area contributed by atoms with E-state index in [9.17, 15) is 8.42 Å². The van der Waals surface area contributed by atoms with Gasteiger partial charge in [-0.15, -0.1) is 0 Å². The van der Waals surface area contributed by atoms with Crippen molar-refractivity contribution in [2.24, 2.45) is 0 Å². The third kappa shape index (κ3) is 2.09. The predicted octanol–water partition coefficient (Wildman–Crippen LogP) is 1.97. The van der Waals surface area contributed by atoms with Crippen LogP contribution in [0.3, 0.4) is 0 Å². The quantitative estimate of drug-likeness (QED) is 0.687. The topological polar surface area (TPSA) is 47.0 Å². The zero-order valence-corrected chi connectivity index (χ0v) is 8.41. The van der Waals surface area contributed by atoms with Gasteiger partial charge in [-0.1, -0.05) is 11.6 Å². The van der Waals surface area contributed by atoms with Gasteiger partial charge in [0.2, 0.25) is 0 Å². The molecule has 0 spiro atoms. The average Bonchev–Trinajstić information content (AvgIpc) is 1.83. The minimum absolute atomic E-state index is 0.0949. The molecule has 0 amide bonds. The summed E-state index contributed by atoms with van der Waals surface area (Å²) in [6.45, 7) is 1.70. The maximum atomic E-state index is 10.8. The van der Waals surface area contributed by atoms with Crippen molar-refractivity contribution in [1.29, 1.82) is 0 Å². The van der Waals surface area contributed by atoms with Gasteiger partial charge >= 0.3 is 0 Å². The lowest BCUT2D eigenvalue weighted by molar-refractivity contribution is 0.609. The Kier molecular flexibility index (Phi) is 2.61. The molecule has 6 heteroatoms. The van der Waals surface area contributed by atoms with E-state index in [1.807, 2.05) is 0 Å². The molecule has 0 radical (unpaired) electrons. The molecule has 0 saturated carbocycles. The molecule has 3 nitrogen and oxygen atoms in total. The number of aromatic nitrogens is 1. The van der Waals surface area contributed by atoms with Gasteiger partial charge in [0.25, 0.3) is 9.05 Å². The van der Waals surface area contributed by atoms with Crippen LogP contribution in [0.25, 0.3) is 0 Å². The lowest BCUT2D eigenvalue weighted by Crippen LogP contribution is -1.94. The van der Waals surface area contributed by atoms with Crippen LogP contribution in [0.2, 0.25) is 5.02 Å². The molecule has 66 valence electrons. The average molecular weight is 226 g/mol. The van der Waals surface area contributed by atoms with Crippen LogP contribution in [0.1, 0.15) is 5.69 Å². The highest BCUT2D eigenvalue weighted by Gasteiger charge is 2.14. The summed E-state index contributed by atoms with van der Waals surface area (Å²) < 4.78 is 21.6. The van der Waals surface area contributed by atoms with E-state index in [0.29, 0.717) is 5.69 Å². The molecule has 1 aromatic rings. The van der Waals surface area contributed by atoms with Gasteiger partial charge in [-0.3, -0.25) is 4.98 Å². The van der Waals surface area contributed by atoms with Crippen molar-refractivity contribution in [3.05, 3.63) is 23.0 Å². The third-order valence-corrected chi connectivity index (χ3v) is 2.99. The van der Waals surface area contributed by atoms with Crippen LogP contribution < -0.4 is 0 Å². The molecular weight excluding hydrogens is 221 g/mol. The second-order valence-electron chi connectivity index (χ2n) is 2.19. The van der Waals surface area contributed by atoms with Crippen LogP contribution in [0.5, 0.6) is 0 Å². The van der Waals surface area contributed by atoms with Gasteiger partial charge in [0.1, 0.15) is 4.90 Å². The zero-order chi connectivity index (χ0) is 9.35. The highest BCUT2D eigenvalue weighted by atomic mass is 35.7. The van der Waals surface area contributed by atoms with Crippen LogP contribution >= 0.6 is 22.3 Å². The Labute approximate surface area is 79.8 Å². The second kappa shape index (κ2) is 3.20. The smallest absolute Gasteiger partial charge is 0.260 e. The van der Waals surface area contributed by atoms with Gasteiger partial charge in [0.05, 0.1) is 5.02 Å². The molecule has 0 unspecified atom stereocenters. The standard InChI is InChI=1S/C6H5Cl2NO2S/c1-4-2-5(7)6(3-9-4)12(8,10)11/h2-3H,1H3. The fourth-order valence-corrected chi connectivity index (χ4v) is 2.16. The van der Waals surface area contributed by atoms with Crippen molar-refractivity contribution in [3.8, 4) is 0 Å². The summed E-state index contributed by atoms with van der Waals surface area (Å²) in [4.78, 5) is 3.60. The minimum atomic E-state index is -3.77. The number of pyridine rings is 1. The number of hydrogen-bond donors (Lipinski definition) is 0. The second-order valence-corrected chi connectivity index (χ2v) is 5.14. The van der Waals surface area contributed by atoms with Gasteiger partial charge in [0.15, 0.2) is 0 Å². The molecule has 0 aliphatic rings. The van der Waals surface area contributed by atoms with Gasteiger partial charge < -0.3 is 0 Å². The first-order valence-electron chi connectivity index (χ1n) is 2.98. The fourth-order valence-electron chi connectivity index (χ4n) is 0.693. The molecule has 0 aliphatic heterocycles. The predicted molar refractivity (Wildman–Crippen MR) is 47.0 cm³/mol. The van der Waals surface area contributed by atoms with Crippen molar-refractivity contribution in [2.45, 2.75) is 11.8 Å². The summed E-state index contributed by atoms with van der Waals surface area (Å²) in [5.41, 5.74) is 0.643. The minimum Gasteiger partial charge on any atom is -0.260 e. The Morgan fingerprint density at radius 3 is 2.50 bits per heavy atom. The van der Waals surface area contributed by atoms with E-state index in [-0.39, 0.29) is 9.92 Å². The highest BCUT2D eigenvalue weighted by molar-refractivity contribution is 8.13. The van der Waals surface area contributed by atoms with E-state index in [0.717, 1.165) is 6.20 Å². The zero-order valence-electron chi connectivity index (χ0n) is 6.08. The SMILES string of the molecule is Cc1cc(Cl)c(S(=O)(=O)Cl)cn1. The lowest BCUT2D eigenvalue weighted by atomic mass is 10.4. The molecule has 0 bridgehead atoms. The molecule has 1 aromatic heterocycles. The van der Waals surface area contributed by atoms with Crippen LogP contribution in [-0.2, 0) is 9.05 Å². The number of aryl methyl sites for hydroxylation is 1. The van der Waals surface area contributed by atoms with Crippen molar-refractivity contribution in [2.75, 3.05) is 0 Å². The first-order valence-corrected chi connectivity index (χ1v) is 5.67. The van der Waals surface area contributed by atoms with Crippen molar-refractivity contribution in [1.82, 2.24) is 4.98 Å². The monoisotopic (exact) mass is 225 g/mol. The molecule has 0 saturated heterocycles. The van der Waals surface area contributed by atoms with Gasteiger partial charge in [-0.25, -0.2) is 8.42 Å². The van der Waals surface area contributed by atoms with Crippen molar-refractivity contribution < 1.29 is 8.42 Å². The Hall–Kier alpha value is -0.320. The maximum absolute atomic E-state index is 10.8. The summed E-state index contributed by atoms with van der Waals surface area (Å²) >= 11 is 5.61. The summed E-state index contributed by atoms with van der Waals surface area (Å²) in [6, 6.07) is 1.44. The lowest BCUT2D eigenvalue weighted by Gasteiger charge is -1.98. The summed E-state index contributed by atoms with van der Waals surface area (Å²) in [6.07, 6.45) is 1.14. The Bertz CT molecular complexity index is 402. The van der Waals surface area contributed by atoms with Crippen molar-refractivity contribution >= 4 is 31.3 Å². The molecule has 12 heavy (non-hydrogen) atoms. The molecule has 1 heterocycles. The van der Waals surface area contributed by atoms with E-state index < -0.39 is 9.05 Å². The molecule has 0 atom stereocenters. The van der Waals surface area contributed by atoms with Gasteiger partial charge in [-0.2, -0.15) is 0 Å². The highest BCUT2D eigenvalue weighted by Crippen LogP contribution is 2.23. The molecule has 0 aliphatic carbocycles. The fraction of sp³-hybridized carbons (Fsp3) is 0.167. The van der Waals surface area contributed by atoms with E-state index in [2.05, 4.69) is 4.98 Å². The molecule has 0 N–H and O–H groups in total. The number of rotatable bonds is 1. The number of hydrogen-bond acceptors (Lipinski definition) is 3. The van der Waals surface area contributed by atoms with Crippen molar-refractivity contribution in [3.63, 3.8) is 0 Å². The largest absolute Gasteiger partial charge is 0.264 e. The van der Waals surface area contributed by atoms with E-state index in [1.165, 1.54) is 6.07 Å². The van der Waals surface area contributed by atoms with Crippen LogP contribution in [0.4, 0.5) is 0 Å². The maximum Gasteiger partial charge on any atom is 0.264 e. The van der Waals surface area contributed by atoms with Crippen LogP contribution in [-0.4, -0.2) is 13.4 Å². The van der Waals surface area contributed by atoms with Gasteiger partial charge in [0, 0.05) is 22.6 Å². The van der Waals surface area contributed by atoms with E-state index in [4.69, 9.17) is 22.3 Å². The van der Waals surface area contributed by atoms with E-state index in [1.54, 1.807) is 6.92 Å². The first kappa shape index (κ1) is 9.77. The number of nitrogens with zero attached hydrogens (tertiary/aromatic N) is 1. The Morgan fingerprint density at radius 2 is 2.08 bits per heavy atom. The summed E-state index contributed by atoms with van der Waals surface area (Å²) in [5, 5.41) is 0.0949. The molecule has 1 rings (SSSR count). The normalized spacial score (nSPS) is 11.6. The van der Waals surface area contributed by atoms with Crippen LogP contribution in [0, 0.1) is 6.92 Å². The van der Waals surface area contributed by atoms with Crippen LogP contribution in [0.15, 0.2) is 17.2 Å². The third-order valence-electron chi connectivity index (χ3n) is 1.22. The summed E-state index contributed by atoms with van der Waals surface area (Å²) in [7, 11) is 1.29. The van der Waals surface area contributed by atoms with E-state index >= 15 is 0 Å². The first-order chi connectivity index (χ1) is 5.41. The van der Waals surface area contributed by atoms with Gasteiger partial charge in [-0.05, 0) is 13.0 Å². The Balaban J connectivity index is 3.39.